The minimum absolute atomic E-state index is 0.442. The highest BCUT2D eigenvalue weighted by molar-refractivity contribution is 9.09. The number of hydrogen-bond acceptors (Lipinski definition) is 2. The number of methoxy groups -OCH3 is 1. The molecule has 1 aromatic rings. The summed E-state index contributed by atoms with van der Waals surface area (Å²) >= 11 is 3.55. The molecule has 1 rings (SSSR count). The quantitative estimate of drug-likeness (QED) is 0.741. The van der Waals surface area contributed by atoms with Crippen molar-refractivity contribution in [3.63, 3.8) is 0 Å². The van der Waals surface area contributed by atoms with Gasteiger partial charge in [0.15, 0.2) is 0 Å². The third-order valence-electron chi connectivity index (χ3n) is 1.85. The van der Waals surface area contributed by atoms with Gasteiger partial charge < -0.3 is 4.74 Å². The molecule has 0 radical (unpaired) electrons. The van der Waals surface area contributed by atoms with Gasteiger partial charge in [0, 0.05) is 25.2 Å². The van der Waals surface area contributed by atoms with Crippen LogP contribution in [0.3, 0.4) is 0 Å². The molecule has 0 saturated carbocycles. The van der Waals surface area contributed by atoms with Gasteiger partial charge in [-0.1, -0.05) is 15.9 Å². The number of nitrogens with zero attached hydrogens (tertiary/aromatic N) is 2. The molecule has 1 unspecified atom stereocenters. The molecule has 0 bridgehead atoms. The highest BCUT2D eigenvalue weighted by Crippen LogP contribution is 2.10. The van der Waals surface area contributed by atoms with Gasteiger partial charge in [-0.15, -0.1) is 0 Å². The summed E-state index contributed by atoms with van der Waals surface area (Å²) in [6.07, 6.45) is 6.09. The first-order chi connectivity index (χ1) is 6.22. The van der Waals surface area contributed by atoms with Crippen LogP contribution in [-0.4, -0.2) is 28.3 Å². The zero-order valence-corrected chi connectivity index (χ0v) is 9.62. The van der Waals surface area contributed by atoms with Gasteiger partial charge in [-0.3, -0.25) is 4.68 Å². The Balaban J connectivity index is 2.26. The van der Waals surface area contributed by atoms with Crippen molar-refractivity contribution in [2.24, 2.45) is 7.05 Å². The van der Waals surface area contributed by atoms with E-state index in [9.17, 15) is 0 Å². The number of aromatic nitrogens is 2. The maximum absolute atomic E-state index is 5.03. The normalized spacial score (nSPS) is 13.2. The summed E-state index contributed by atoms with van der Waals surface area (Å²) < 4.78 is 6.86. The average Bonchev–Trinajstić information content (AvgIpc) is 2.49. The first-order valence-electron chi connectivity index (χ1n) is 4.33. The molecule has 0 amide bonds. The molecule has 0 aliphatic rings. The van der Waals surface area contributed by atoms with Crippen molar-refractivity contribution in [2.45, 2.75) is 17.7 Å². The monoisotopic (exact) mass is 246 g/mol. The van der Waals surface area contributed by atoms with Crippen LogP contribution in [0.5, 0.6) is 0 Å². The summed E-state index contributed by atoms with van der Waals surface area (Å²) in [4.78, 5) is 0.442. The second kappa shape index (κ2) is 5.40. The van der Waals surface area contributed by atoms with E-state index in [0.29, 0.717) is 4.83 Å². The van der Waals surface area contributed by atoms with E-state index in [-0.39, 0.29) is 0 Å². The predicted molar refractivity (Wildman–Crippen MR) is 56.1 cm³/mol. The van der Waals surface area contributed by atoms with Gasteiger partial charge >= 0.3 is 0 Å². The van der Waals surface area contributed by atoms with Gasteiger partial charge in [0.2, 0.25) is 0 Å². The Hall–Kier alpha value is -0.350. The van der Waals surface area contributed by atoms with Crippen LogP contribution < -0.4 is 0 Å². The lowest BCUT2D eigenvalue weighted by Crippen LogP contribution is -2.07. The molecule has 1 atom stereocenters. The lowest BCUT2D eigenvalue weighted by atomic mass is 10.1. The highest BCUT2D eigenvalue weighted by Gasteiger charge is 2.04. The number of ether oxygens (including phenoxy) is 1. The van der Waals surface area contributed by atoms with Crippen LogP contribution >= 0.6 is 15.9 Å². The van der Waals surface area contributed by atoms with Crippen LogP contribution in [-0.2, 0) is 18.2 Å². The van der Waals surface area contributed by atoms with E-state index in [2.05, 4.69) is 21.0 Å². The molecule has 74 valence electrons. The summed E-state index contributed by atoms with van der Waals surface area (Å²) in [5.41, 5.74) is 1.28. The van der Waals surface area contributed by atoms with Gasteiger partial charge in [-0.2, -0.15) is 5.10 Å². The van der Waals surface area contributed by atoms with Crippen molar-refractivity contribution >= 4 is 15.9 Å². The standard InChI is InChI=1S/C9H15BrN2O/c1-12-6-8(5-11-12)3-4-9(10)7-13-2/h5-6,9H,3-4,7H2,1-2H3. The topological polar surface area (TPSA) is 27.1 Å². The number of aryl methyl sites for hydroxylation is 2. The molecule has 1 aromatic heterocycles. The van der Waals surface area contributed by atoms with E-state index in [0.717, 1.165) is 19.4 Å². The summed E-state index contributed by atoms with van der Waals surface area (Å²) in [7, 11) is 3.66. The van der Waals surface area contributed by atoms with Crippen molar-refractivity contribution in [3.05, 3.63) is 18.0 Å². The van der Waals surface area contributed by atoms with E-state index in [4.69, 9.17) is 4.74 Å². The average molecular weight is 247 g/mol. The van der Waals surface area contributed by atoms with E-state index >= 15 is 0 Å². The third kappa shape index (κ3) is 3.91. The number of hydrogen-bond donors (Lipinski definition) is 0. The predicted octanol–water partition coefficient (Wildman–Crippen LogP) is 1.76. The Morgan fingerprint density at radius 2 is 2.46 bits per heavy atom. The molecule has 13 heavy (non-hydrogen) atoms. The molecule has 4 heteroatoms. The third-order valence-corrected chi connectivity index (χ3v) is 2.57. The van der Waals surface area contributed by atoms with E-state index in [1.54, 1.807) is 7.11 Å². The van der Waals surface area contributed by atoms with E-state index < -0.39 is 0 Å². The van der Waals surface area contributed by atoms with Gasteiger partial charge in [0.1, 0.15) is 0 Å². The fourth-order valence-electron chi connectivity index (χ4n) is 1.19. The zero-order valence-electron chi connectivity index (χ0n) is 8.03. The summed E-state index contributed by atoms with van der Waals surface area (Å²) in [6.45, 7) is 0.764. The minimum Gasteiger partial charge on any atom is -0.384 e. The SMILES string of the molecule is COCC(Br)CCc1cnn(C)c1. The molecular weight excluding hydrogens is 232 g/mol. The van der Waals surface area contributed by atoms with Gasteiger partial charge in [0.05, 0.1) is 12.8 Å². The van der Waals surface area contributed by atoms with Crippen molar-refractivity contribution in [1.29, 1.82) is 0 Å². The Bertz CT molecular complexity index is 250. The minimum atomic E-state index is 0.442. The van der Waals surface area contributed by atoms with Crippen LogP contribution in [0, 0.1) is 0 Å². The molecule has 1 heterocycles. The van der Waals surface area contributed by atoms with Crippen molar-refractivity contribution in [1.82, 2.24) is 9.78 Å². The molecule has 3 nitrogen and oxygen atoms in total. The van der Waals surface area contributed by atoms with E-state index in [1.165, 1.54) is 5.56 Å². The van der Waals surface area contributed by atoms with Crippen LogP contribution in [0.2, 0.25) is 0 Å². The maximum atomic E-state index is 5.03. The second-order valence-corrected chi connectivity index (χ2v) is 4.41. The Kier molecular flexibility index (Phi) is 4.45. The molecule has 0 aromatic carbocycles. The smallest absolute Gasteiger partial charge is 0.0587 e. The molecular formula is C9H15BrN2O. The van der Waals surface area contributed by atoms with Gasteiger partial charge in [0.25, 0.3) is 0 Å². The summed E-state index contributed by atoms with van der Waals surface area (Å²) in [5.74, 6) is 0. The molecule has 0 saturated heterocycles. The Morgan fingerprint density at radius 3 is 3.00 bits per heavy atom. The van der Waals surface area contributed by atoms with Crippen LogP contribution in [0.15, 0.2) is 12.4 Å². The fourth-order valence-corrected chi connectivity index (χ4v) is 1.68. The summed E-state index contributed by atoms with van der Waals surface area (Å²) in [5, 5.41) is 4.11. The Morgan fingerprint density at radius 1 is 1.69 bits per heavy atom. The largest absolute Gasteiger partial charge is 0.384 e. The molecule has 0 spiro atoms. The first kappa shape index (κ1) is 10.7. The number of alkyl halides is 1. The molecule has 0 N–H and O–H groups in total. The summed E-state index contributed by atoms with van der Waals surface area (Å²) in [6, 6.07) is 0. The molecule has 0 aliphatic carbocycles. The number of rotatable bonds is 5. The van der Waals surface area contributed by atoms with Crippen LogP contribution in [0.4, 0.5) is 0 Å². The first-order valence-corrected chi connectivity index (χ1v) is 5.24. The van der Waals surface area contributed by atoms with Crippen LogP contribution in [0.1, 0.15) is 12.0 Å². The fraction of sp³-hybridized carbons (Fsp3) is 0.667. The Labute approximate surface area is 87.2 Å². The zero-order chi connectivity index (χ0) is 9.68. The second-order valence-electron chi connectivity index (χ2n) is 3.11. The van der Waals surface area contributed by atoms with Crippen molar-refractivity contribution in [3.8, 4) is 0 Å². The van der Waals surface area contributed by atoms with Gasteiger partial charge in [-0.05, 0) is 18.4 Å². The van der Waals surface area contributed by atoms with Gasteiger partial charge in [-0.25, -0.2) is 0 Å². The lowest BCUT2D eigenvalue weighted by Gasteiger charge is -2.06. The lowest BCUT2D eigenvalue weighted by molar-refractivity contribution is 0.198. The van der Waals surface area contributed by atoms with Crippen molar-refractivity contribution < 1.29 is 4.74 Å². The molecule has 0 fully saturated rings. The maximum Gasteiger partial charge on any atom is 0.0587 e. The van der Waals surface area contributed by atoms with E-state index in [1.807, 2.05) is 24.1 Å². The van der Waals surface area contributed by atoms with Crippen LogP contribution in [0.25, 0.3) is 0 Å². The number of halogens is 1. The highest BCUT2D eigenvalue weighted by atomic mass is 79.9. The van der Waals surface area contributed by atoms with Crippen molar-refractivity contribution in [2.75, 3.05) is 13.7 Å². The molecule has 0 aliphatic heterocycles.